The molecule has 3 rings (SSSR count). The van der Waals surface area contributed by atoms with Gasteiger partial charge in [0, 0.05) is 19.6 Å². The smallest absolute Gasteiger partial charge is 0.252 e. The topological polar surface area (TPSA) is 105 Å². The van der Waals surface area contributed by atoms with Crippen molar-refractivity contribution < 1.29 is 19.1 Å². The zero-order chi connectivity index (χ0) is 15.0. The molecule has 6 heteroatoms. The second kappa shape index (κ2) is 5.18. The number of amides is 2. The molecule has 114 valence electrons. The molecule has 1 saturated heterocycles. The molecule has 0 aromatic heterocycles. The minimum atomic E-state index is -0.852. The summed E-state index contributed by atoms with van der Waals surface area (Å²) >= 11 is 0. The average Bonchev–Trinajstić information content (AvgIpc) is 3.08. The lowest BCUT2D eigenvalue weighted by molar-refractivity contribution is -0.126. The van der Waals surface area contributed by atoms with E-state index in [0.717, 1.165) is 18.4 Å². The maximum atomic E-state index is 12.1. The van der Waals surface area contributed by atoms with Gasteiger partial charge < -0.3 is 20.9 Å². The third kappa shape index (κ3) is 2.44. The maximum absolute atomic E-state index is 12.1. The zero-order valence-electron chi connectivity index (χ0n) is 11.9. The fraction of sp³-hybridized carbons (Fsp3) is 0.600. The van der Waals surface area contributed by atoms with Crippen molar-refractivity contribution in [2.45, 2.75) is 25.7 Å². The maximum Gasteiger partial charge on any atom is 0.252 e. The van der Waals surface area contributed by atoms with Crippen molar-refractivity contribution in [3.05, 3.63) is 23.0 Å². The summed E-state index contributed by atoms with van der Waals surface area (Å²) in [6.45, 7) is 1.87. The standard InChI is InChI=1S/C15H20N2O4/c16-13(18)11-7-15(14(17)19,5-9-1-3-20-8-9)6-10-2-4-21-12(10)11/h7,9H,1-6,8H2,(H2,16,18)(H2,17,19). The molecular formula is C15H20N2O4. The van der Waals surface area contributed by atoms with E-state index in [2.05, 4.69) is 0 Å². The molecule has 2 heterocycles. The first-order valence-electron chi connectivity index (χ1n) is 7.27. The molecule has 0 aromatic rings. The summed E-state index contributed by atoms with van der Waals surface area (Å²) in [6.07, 6.45) is 4.38. The molecule has 0 saturated carbocycles. The summed E-state index contributed by atoms with van der Waals surface area (Å²) in [6, 6.07) is 0. The fourth-order valence-corrected chi connectivity index (χ4v) is 3.53. The van der Waals surface area contributed by atoms with Crippen LogP contribution in [0.4, 0.5) is 0 Å². The number of carbonyl (C=O) groups excluding carboxylic acids is 2. The molecule has 2 unspecified atom stereocenters. The van der Waals surface area contributed by atoms with Gasteiger partial charge in [-0.2, -0.15) is 0 Å². The van der Waals surface area contributed by atoms with Crippen molar-refractivity contribution in [1.29, 1.82) is 0 Å². The van der Waals surface area contributed by atoms with Crippen molar-refractivity contribution in [2.24, 2.45) is 22.8 Å². The van der Waals surface area contributed by atoms with Gasteiger partial charge in [0.1, 0.15) is 5.76 Å². The Hall–Kier alpha value is -1.82. The van der Waals surface area contributed by atoms with Crippen LogP contribution in [0.3, 0.4) is 0 Å². The number of primary amides is 2. The lowest BCUT2D eigenvalue weighted by Gasteiger charge is -2.33. The first-order chi connectivity index (χ1) is 10.0. The Bertz CT molecular complexity index is 546. The number of carbonyl (C=O) groups is 2. The average molecular weight is 292 g/mol. The highest BCUT2D eigenvalue weighted by molar-refractivity contribution is 5.98. The van der Waals surface area contributed by atoms with E-state index in [1.165, 1.54) is 0 Å². The SMILES string of the molecule is NC(=O)C1=CC(CC2CCOC2)(C(N)=O)CC2=C1OCC2. The van der Waals surface area contributed by atoms with Gasteiger partial charge in [0.05, 0.1) is 17.6 Å². The first-order valence-corrected chi connectivity index (χ1v) is 7.27. The monoisotopic (exact) mass is 292 g/mol. The molecule has 1 fully saturated rings. The molecule has 0 bridgehead atoms. The van der Waals surface area contributed by atoms with E-state index in [9.17, 15) is 9.59 Å². The van der Waals surface area contributed by atoms with E-state index in [1.54, 1.807) is 6.08 Å². The number of nitrogens with two attached hydrogens (primary N) is 2. The predicted octanol–water partition coefficient (Wildman–Crippen LogP) is 0.374. The molecule has 2 aliphatic heterocycles. The third-order valence-corrected chi connectivity index (χ3v) is 4.60. The minimum absolute atomic E-state index is 0.285. The van der Waals surface area contributed by atoms with Crippen molar-refractivity contribution in [3.8, 4) is 0 Å². The summed E-state index contributed by atoms with van der Waals surface area (Å²) < 4.78 is 10.9. The van der Waals surface area contributed by atoms with Crippen molar-refractivity contribution in [3.63, 3.8) is 0 Å². The van der Waals surface area contributed by atoms with Crippen LogP contribution in [0, 0.1) is 11.3 Å². The summed E-state index contributed by atoms with van der Waals surface area (Å²) in [5.74, 6) is -0.140. The second-order valence-corrected chi connectivity index (χ2v) is 6.08. The predicted molar refractivity (Wildman–Crippen MR) is 74.7 cm³/mol. The van der Waals surface area contributed by atoms with Crippen molar-refractivity contribution >= 4 is 11.8 Å². The van der Waals surface area contributed by atoms with Crippen LogP contribution >= 0.6 is 0 Å². The summed E-state index contributed by atoms with van der Waals surface area (Å²) in [5, 5.41) is 0. The Kier molecular flexibility index (Phi) is 3.49. The van der Waals surface area contributed by atoms with Gasteiger partial charge in [-0.25, -0.2) is 0 Å². The molecule has 3 aliphatic rings. The molecule has 4 N–H and O–H groups in total. The molecular weight excluding hydrogens is 272 g/mol. The summed E-state index contributed by atoms with van der Waals surface area (Å²) in [7, 11) is 0. The quantitative estimate of drug-likeness (QED) is 0.781. The van der Waals surface area contributed by atoms with Gasteiger partial charge in [-0.05, 0) is 30.8 Å². The number of hydrogen-bond donors (Lipinski definition) is 2. The normalized spacial score (nSPS) is 31.6. The Morgan fingerprint density at radius 3 is 2.76 bits per heavy atom. The molecule has 0 aromatic carbocycles. The fourth-order valence-electron chi connectivity index (χ4n) is 3.53. The van der Waals surface area contributed by atoms with Gasteiger partial charge in [-0.3, -0.25) is 9.59 Å². The lowest BCUT2D eigenvalue weighted by Crippen LogP contribution is -2.40. The largest absolute Gasteiger partial charge is 0.492 e. The van der Waals surface area contributed by atoms with E-state index in [4.69, 9.17) is 20.9 Å². The molecule has 1 aliphatic carbocycles. The number of hydrogen-bond acceptors (Lipinski definition) is 4. The van der Waals surface area contributed by atoms with E-state index in [0.29, 0.717) is 44.0 Å². The number of rotatable bonds is 4. The first kappa shape index (κ1) is 14.1. The minimum Gasteiger partial charge on any atom is -0.492 e. The molecule has 0 spiro atoms. The van der Waals surface area contributed by atoms with Crippen LogP contribution in [0.25, 0.3) is 0 Å². The van der Waals surface area contributed by atoms with Crippen LogP contribution < -0.4 is 11.5 Å². The highest BCUT2D eigenvalue weighted by Crippen LogP contribution is 2.46. The van der Waals surface area contributed by atoms with Gasteiger partial charge in [0.25, 0.3) is 5.91 Å². The third-order valence-electron chi connectivity index (χ3n) is 4.60. The van der Waals surface area contributed by atoms with E-state index in [-0.39, 0.29) is 5.92 Å². The Balaban J connectivity index is 1.96. The molecule has 2 atom stereocenters. The van der Waals surface area contributed by atoms with Gasteiger partial charge in [0.15, 0.2) is 0 Å². The Morgan fingerprint density at radius 2 is 2.14 bits per heavy atom. The summed E-state index contributed by atoms with van der Waals surface area (Å²) in [4.78, 5) is 23.8. The van der Waals surface area contributed by atoms with E-state index < -0.39 is 17.2 Å². The van der Waals surface area contributed by atoms with E-state index in [1.807, 2.05) is 0 Å². The van der Waals surface area contributed by atoms with Gasteiger partial charge >= 0.3 is 0 Å². The van der Waals surface area contributed by atoms with Crippen LogP contribution in [0.15, 0.2) is 23.0 Å². The lowest BCUT2D eigenvalue weighted by atomic mass is 9.69. The molecule has 0 radical (unpaired) electrons. The second-order valence-electron chi connectivity index (χ2n) is 6.08. The highest BCUT2D eigenvalue weighted by Gasteiger charge is 2.44. The molecule has 21 heavy (non-hydrogen) atoms. The molecule has 6 nitrogen and oxygen atoms in total. The number of ether oxygens (including phenoxy) is 2. The van der Waals surface area contributed by atoms with Crippen molar-refractivity contribution in [1.82, 2.24) is 0 Å². The molecule has 2 amide bonds. The van der Waals surface area contributed by atoms with Crippen LogP contribution in [-0.2, 0) is 19.1 Å². The van der Waals surface area contributed by atoms with Gasteiger partial charge in [-0.1, -0.05) is 6.08 Å². The van der Waals surface area contributed by atoms with Gasteiger partial charge in [0.2, 0.25) is 5.91 Å². The van der Waals surface area contributed by atoms with Crippen LogP contribution in [0.5, 0.6) is 0 Å². The van der Waals surface area contributed by atoms with Gasteiger partial charge in [-0.15, -0.1) is 0 Å². The van der Waals surface area contributed by atoms with Crippen molar-refractivity contribution in [2.75, 3.05) is 19.8 Å². The Labute approximate surface area is 123 Å². The Morgan fingerprint density at radius 1 is 1.33 bits per heavy atom. The summed E-state index contributed by atoms with van der Waals surface area (Å²) in [5.41, 5.74) is 11.6. The van der Waals surface area contributed by atoms with Crippen LogP contribution in [0.2, 0.25) is 0 Å². The van der Waals surface area contributed by atoms with E-state index >= 15 is 0 Å². The highest BCUT2D eigenvalue weighted by atomic mass is 16.5. The van der Waals surface area contributed by atoms with Crippen LogP contribution in [-0.4, -0.2) is 31.6 Å². The zero-order valence-corrected chi connectivity index (χ0v) is 11.9. The van der Waals surface area contributed by atoms with Crippen LogP contribution in [0.1, 0.15) is 25.7 Å².